The predicted molar refractivity (Wildman–Crippen MR) is 211 cm³/mol. The molecule has 3 aromatic carbocycles. The zero-order valence-electron chi connectivity index (χ0n) is 32.7. The van der Waals surface area contributed by atoms with E-state index in [0.717, 1.165) is 18.7 Å². The molecule has 6 rings (SSSR count). The molecule has 0 aliphatic carbocycles. The first-order valence-electron chi connectivity index (χ1n) is 19.2. The van der Waals surface area contributed by atoms with Gasteiger partial charge in [0, 0.05) is 42.7 Å². The van der Waals surface area contributed by atoms with Gasteiger partial charge in [0.2, 0.25) is 23.6 Å². The van der Waals surface area contributed by atoms with Crippen molar-refractivity contribution >= 4 is 29.5 Å². The largest absolute Gasteiger partial charge is 0.496 e. The summed E-state index contributed by atoms with van der Waals surface area (Å²) in [6, 6.07) is 17.7. The average molecular weight is 771 g/mol. The molecule has 4 N–H and O–H groups in total. The first-order chi connectivity index (χ1) is 27.0. The molecular formula is C42H54N6O8. The maximum absolute atomic E-state index is 13.9. The molecule has 3 aliphatic rings. The Labute approximate surface area is 328 Å². The molecular weight excluding hydrogens is 716 g/mol. The topological polar surface area (TPSA) is 168 Å². The summed E-state index contributed by atoms with van der Waals surface area (Å²) < 4.78 is 17.2. The van der Waals surface area contributed by atoms with Crippen molar-refractivity contribution in [3.63, 3.8) is 0 Å². The van der Waals surface area contributed by atoms with Crippen LogP contribution in [-0.2, 0) is 32.1 Å². The van der Waals surface area contributed by atoms with Gasteiger partial charge in [-0.3, -0.25) is 24.0 Å². The number of amides is 5. The van der Waals surface area contributed by atoms with E-state index >= 15 is 0 Å². The summed E-state index contributed by atoms with van der Waals surface area (Å²) in [5.74, 6) is -0.419. The molecule has 5 amide bonds. The molecule has 1 fully saturated rings. The maximum Gasteiger partial charge on any atom is 0.251 e. The lowest BCUT2D eigenvalue weighted by Crippen LogP contribution is -2.54. The standard InChI is InChI=1S/C42H54N6O8/c1-28-39(50)44-26-32-13-15-33(25-36(32)55-4)56-37-24-31(14-17-35(37)54-3)40(51)43-20-8-9-21-48(42(53)30-18-22-47(2)23-19-30)27-38(49)46-34(41(52)45-28)16-12-29-10-6-5-7-11-29/h5-7,10-11,13-15,17,24-25,28,30,34H,8-9,12,16,18-23,26-27H2,1-4H3,(H,43,51)(H,44,50)(H,45,52)(H,46,49)/t28-,34-/m0/s1. The fourth-order valence-electron chi connectivity index (χ4n) is 6.82. The predicted octanol–water partition coefficient (Wildman–Crippen LogP) is 3.43. The van der Waals surface area contributed by atoms with Crippen LogP contribution in [0.15, 0.2) is 66.7 Å². The molecule has 300 valence electrons. The number of benzene rings is 3. The molecule has 4 bridgehead atoms. The van der Waals surface area contributed by atoms with Crippen molar-refractivity contribution in [3.8, 4) is 23.0 Å². The van der Waals surface area contributed by atoms with Gasteiger partial charge in [-0.15, -0.1) is 0 Å². The SMILES string of the molecule is COc1cc2ccc1CNC(=O)[C@H](C)NC(=O)[C@H](CCc1ccccc1)NC(=O)CN(C(=O)C1CCN(C)CC1)CCCCNC(=O)c1ccc(OC)c(c1)O2. The number of hydrogen-bond donors (Lipinski definition) is 4. The van der Waals surface area contributed by atoms with Crippen molar-refractivity contribution in [1.82, 2.24) is 31.1 Å². The molecule has 14 heteroatoms. The highest BCUT2D eigenvalue weighted by Crippen LogP contribution is 2.35. The zero-order chi connectivity index (χ0) is 40.0. The summed E-state index contributed by atoms with van der Waals surface area (Å²) in [4.78, 5) is 71.5. The maximum atomic E-state index is 13.9. The Hall–Kier alpha value is -5.63. The van der Waals surface area contributed by atoms with Gasteiger partial charge in [0.25, 0.3) is 5.91 Å². The van der Waals surface area contributed by atoms with E-state index in [1.807, 2.05) is 37.4 Å². The highest BCUT2D eigenvalue weighted by atomic mass is 16.5. The Morgan fingerprint density at radius 2 is 1.59 bits per heavy atom. The number of fused-ring (bicyclic) bond motifs is 18. The summed E-state index contributed by atoms with van der Waals surface area (Å²) in [5.41, 5.74) is 2.01. The molecule has 3 heterocycles. The third-order valence-corrected chi connectivity index (χ3v) is 10.2. The van der Waals surface area contributed by atoms with Gasteiger partial charge in [-0.2, -0.15) is 0 Å². The number of ether oxygens (including phenoxy) is 3. The van der Waals surface area contributed by atoms with Crippen LogP contribution in [-0.4, -0.2) is 105 Å². The van der Waals surface area contributed by atoms with Crippen LogP contribution < -0.4 is 35.5 Å². The van der Waals surface area contributed by atoms with E-state index in [-0.39, 0.29) is 37.2 Å². The zero-order valence-corrected chi connectivity index (χ0v) is 32.7. The Kier molecular flexibility index (Phi) is 15.1. The first-order valence-corrected chi connectivity index (χ1v) is 19.2. The Morgan fingerprint density at radius 1 is 0.839 bits per heavy atom. The first kappa shape index (κ1) is 41.5. The van der Waals surface area contributed by atoms with Gasteiger partial charge >= 0.3 is 0 Å². The molecule has 14 nitrogen and oxygen atoms in total. The van der Waals surface area contributed by atoms with E-state index in [1.165, 1.54) is 14.2 Å². The van der Waals surface area contributed by atoms with E-state index in [4.69, 9.17) is 14.2 Å². The summed E-state index contributed by atoms with van der Waals surface area (Å²) in [7, 11) is 5.03. The molecule has 56 heavy (non-hydrogen) atoms. The van der Waals surface area contributed by atoms with Crippen molar-refractivity contribution in [2.75, 3.05) is 54.0 Å². The lowest BCUT2D eigenvalue weighted by atomic mass is 9.95. The van der Waals surface area contributed by atoms with Crippen LogP contribution in [0.1, 0.15) is 60.5 Å². The third kappa shape index (κ3) is 11.7. The molecule has 0 aromatic heterocycles. The molecule has 3 aliphatic heterocycles. The van der Waals surface area contributed by atoms with Crippen LogP contribution in [0.25, 0.3) is 0 Å². The van der Waals surface area contributed by atoms with Crippen LogP contribution in [0, 0.1) is 5.92 Å². The van der Waals surface area contributed by atoms with Gasteiger partial charge in [0.15, 0.2) is 11.5 Å². The van der Waals surface area contributed by atoms with Gasteiger partial charge in [-0.25, -0.2) is 0 Å². The number of piperidine rings is 1. The smallest absolute Gasteiger partial charge is 0.251 e. The third-order valence-electron chi connectivity index (χ3n) is 10.2. The lowest BCUT2D eigenvalue weighted by Gasteiger charge is -2.32. The van der Waals surface area contributed by atoms with E-state index in [0.29, 0.717) is 79.3 Å². The average Bonchev–Trinajstić information content (AvgIpc) is 3.20. The fourth-order valence-corrected chi connectivity index (χ4v) is 6.82. The number of methoxy groups -OCH3 is 2. The van der Waals surface area contributed by atoms with E-state index in [1.54, 1.807) is 48.2 Å². The lowest BCUT2D eigenvalue weighted by molar-refractivity contribution is -0.141. The summed E-state index contributed by atoms with van der Waals surface area (Å²) in [6.45, 7) is 3.66. The highest BCUT2D eigenvalue weighted by Gasteiger charge is 2.30. The van der Waals surface area contributed by atoms with Crippen molar-refractivity contribution in [1.29, 1.82) is 0 Å². The van der Waals surface area contributed by atoms with Gasteiger partial charge in [-0.1, -0.05) is 30.3 Å². The second-order valence-corrected chi connectivity index (χ2v) is 14.3. The van der Waals surface area contributed by atoms with Crippen LogP contribution in [0.5, 0.6) is 23.0 Å². The number of nitrogens with one attached hydrogen (secondary N) is 4. The summed E-state index contributed by atoms with van der Waals surface area (Å²) in [6.07, 6.45) is 3.25. The van der Waals surface area contributed by atoms with Crippen LogP contribution in [0.2, 0.25) is 0 Å². The molecule has 0 radical (unpaired) electrons. The number of carbonyl (C=O) groups is 5. The van der Waals surface area contributed by atoms with Crippen molar-refractivity contribution in [2.45, 2.75) is 64.1 Å². The number of carbonyl (C=O) groups excluding carboxylic acids is 5. The second kappa shape index (κ2) is 20.3. The molecule has 3 aromatic rings. The molecule has 1 saturated heterocycles. The fraction of sp³-hybridized carbons (Fsp3) is 0.452. The van der Waals surface area contributed by atoms with E-state index < -0.39 is 29.8 Å². The van der Waals surface area contributed by atoms with Crippen molar-refractivity contribution in [3.05, 3.63) is 83.4 Å². The van der Waals surface area contributed by atoms with E-state index in [2.05, 4.69) is 26.2 Å². The second-order valence-electron chi connectivity index (χ2n) is 14.3. The Balaban J connectivity index is 1.39. The quantitative estimate of drug-likeness (QED) is 0.275. The summed E-state index contributed by atoms with van der Waals surface area (Å²) >= 11 is 0. The monoisotopic (exact) mass is 770 g/mol. The molecule has 0 spiro atoms. The minimum absolute atomic E-state index is 0.0940. The minimum Gasteiger partial charge on any atom is -0.496 e. The number of hydrogen-bond acceptors (Lipinski definition) is 9. The number of aryl methyl sites for hydroxylation is 1. The van der Waals surface area contributed by atoms with Gasteiger partial charge in [-0.05, 0) is 101 Å². The highest BCUT2D eigenvalue weighted by molar-refractivity contribution is 5.95. The number of rotatable bonds is 6. The van der Waals surface area contributed by atoms with Crippen LogP contribution in [0.3, 0.4) is 0 Å². The molecule has 0 saturated carbocycles. The summed E-state index contributed by atoms with van der Waals surface area (Å²) in [5, 5.41) is 11.4. The molecule has 0 unspecified atom stereocenters. The number of likely N-dealkylation sites (tertiary alicyclic amines) is 1. The van der Waals surface area contributed by atoms with E-state index in [9.17, 15) is 24.0 Å². The number of nitrogens with zero attached hydrogens (tertiary/aromatic N) is 2. The Morgan fingerprint density at radius 3 is 2.32 bits per heavy atom. The van der Waals surface area contributed by atoms with Crippen LogP contribution >= 0.6 is 0 Å². The van der Waals surface area contributed by atoms with Gasteiger partial charge in [0.05, 0.1) is 20.8 Å². The minimum atomic E-state index is -0.966. The van der Waals surface area contributed by atoms with Gasteiger partial charge in [0.1, 0.15) is 23.6 Å². The normalized spacial score (nSPS) is 20.0. The molecule has 2 atom stereocenters. The van der Waals surface area contributed by atoms with Crippen molar-refractivity contribution < 1.29 is 38.2 Å². The van der Waals surface area contributed by atoms with Crippen LogP contribution in [0.4, 0.5) is 0 Å². The van der Waals surface area contributed by atoms with Crippen molar-refractivity contribution in [2.24, 2.45) is 5.92 Å². The van der Waals surface area contributed by atoms with Gasteiger partial charge < -0.3 is 45.3 Å². The Bertz CT molecular complexity index is 1830.